The Morgan fingerprint density at radius 2 is 1.88 bits per heavy atom. The minimum absolute atomic E-state index is 0.00596. The van der Waals surface area contributed by atoms with Crippen molar-refractivity contribution in [3.05, 3.63) is 11.6 Å². The summed E-state index contributed by atoms with van der Waals surface area (Å²) in [5.74, 6) is 4.92. The van der Waals surface area contributed by atoms with Gasteiger partial charge in [0.2, 0.25) is 0 Å². The number of ether oxygens (including phenoxy) is 1. The molecule has 0 aromatic carbocycles. The van der Waals surface area contributed by atoms with Gasteiger partial charge in [-0.05, 0) is 91.3 Å². The molecule has 0 radical (unpaired) electrons. The number of hydrogen-bond donors (Lipinski definition) is 0. The predicted octanol–water partition coefficient (Wildman–Crippen LogP) is 7.92. The van der Waals surface area contributed by atoms with Gasteiger partial charge in [0.25, 0.3) is 0 Å². The van der Waals surface area contributed by atoms with Crippen molar-refractivity contribution in [2.24, 2.45) is 46.3 Å². The highest BCUT2D eigenvalue weighted by atomic mass is 16.5. The zero-order chi connectivity index (χ0) is 24.5. The Kier molecular flexibility index (Phi) is 7.99. The van der Waals surface area contributed by atoms with Crippen LogP contribution in [0, 0.1) is 46.3 Å². The van der Waals surface area contributed by atoms with Gasteiger partial charge in [0.1, 0.15) is 12.4 Å². The van der Waals surface area contributed by atoms with Crippen molar-refractivity contribution in [2.45, 2.75) is 124 Å². The molecule has 4 rings (SSSR count). The molecule has 4 aliphatic rings. The lowest BCUT2D eigenvalue weighted by Crippen LogP contribution is -2.51. The van der Waals surface area contributed by atoms with Gasteiger partial charge in [0, 0.05) is 12.8 Å². The average Bonchev–Trinajstić information content (AvgIpc) is 3.15. The fraction of sp³-hybridized carbons (Fsp3) is 0.871. The largest absolute Gasteiger partial charge is 0.462 e. The lowest BCUT2D eigenvalue weighted by Gasteiger charge is -2.58. The molecule has 0 aromatic rings. The molecule has 3 fully saturated rings. The summed E-state index contributed by atoms with van der Waals surface area (Å²) in [5, 5.41) is 0. The number of carbonyl (C=O) groups is 2. The molecular weight excluding hydrogens is 420 g/mol. The summed E-state index contributed by atoms with van der Waals surface area (Å²) in [7, 11) is 0. The van der Waals surface area contributed by atoms with E-state index in [4.69, 9.17) is 4.74 Å². The Labute approximate surface area is 208 Å². The molecule has 3 heteroatoms. The smallest absolute Gasteiger partial charge is 0.306 e. The van der Waals surface area contributed by atoms with Crippen LogP contribution in [0.2, 0.25) is 0 Å². The molecule has 0 saturated heterocycles. The Hall–Kier alpha value is -1.12. The highest BCUT2D eigenvalue weighted by molar-refractivity contribution is 5.72. The van der Waals surface area contributed by atoms with E-state index in [0.717, 1.165) is 61.1 Å². The molecule has 8 atom stereocenters. The summed E-state index contributed by atoms with van der Waals surface area (Å²) in [6.45, 7) is 12.5. The van der Waals surface area contributed by atoms with Crippen molar-refractivity contribution in [2.75, 3.05) is 0 Å². The second-order valence-electron chi connectivity index (χ2n) is 13.3. The van der Waals surface area contributed by atoms with Gasteiger partial charge in [-0.3, -0.25) is 4.79 Å². The topological polar surface area (TPSA) is 43.4 Å². The molecule has 0 aromatic heterocycles. The van der Waals surface area contributed by atoms with Crippen molar-refractivity contribution in [3.8, 4) is 0 Å². The van der Waals surface area contributed by atoms with Crippen LogP contribution in [0.1, 0.15) is 118 Å². The monoisotopic (exact) mass is 470 g/mol. The van der Waals surface area contributed by atoms with Gasteiger partial charge < -0.3 is 9.53 Å². The average molecular weight is 471 g/mol. The van der Waals surface area contributed by atoms with E-state index >= 15 is 0 Å². The van der Waals surface area contributed by atoms with Crippen LogP contribution in [0.3, 0.4) is 0 Å². The molecule has 0 bridgehead atoms. The first-order valence-electron chi connectivity index (χ1n) is 14.5. The van der Waals surface area contributed by atoms with Crippen LogP contribution in [0.4, 0.5) is 0 Å². The van der Waals surface area contributed by atoms with Crippen LogP contribution >= 0.6 is 0 Å². The van der Waals surface area contributed by atoms with Gasteiger partial charge in [0.15, 0.2) is 0 Å². The van der Waals surface area contributed by atoms with Crippen molar-refractivity contribution in [3.63, 3.8) is 0 Å². The summed E-state index contributed by atoms with van der Waals surface area (Å²) in [6, 6.07) is 0. The van der Waals surface area contributed by atoms with Crippen LogP contribution in [-0.2, 0) is 14.3 Å². The van der Waals surface area contributed by atoms with Gasteiger partial charge in [-0.2, -0.15) is 0 Å². The summed E-state index contributed by atoms with van der Waals surface area (Å²) in [6.07, 6.45) is 18.0. The van der Waals surface area contributed by atoms with Crippen LogP contribution < -0.4 is 0 Å². The lowest BCUT2D eigenvalue weighted by atomic mass is 9.47. The third kappa shape index (κ3) is 4.92. The van der Waals surface area contributed by atoms with E-state index in [1.165, 1.54) is 51.4 Å². The van der Waals surface area contributed by atoms with E-state index in [9.17, 15) is 9.59 Å². The van der Waals surface area contributed by atoms with E-state index < -0.39 is 0 Å². The zero-order valence-corrected chi connectivity index (χ0v) is 22.6. The third-order valence-corrected chi connectivity index (χ3v) is 11.0. The molecule has 3 saturated carbocycles. The van der Waals surface area contributed by atoms with Crippen LogP contribution in [0.15, 0.2) is 11.6 Å². The van der Waals surface area contributed by atoms with Gasteiger partial charge in [0.05, 0.1) is 6.42 Å². The van der Waals surface area contributed by atoms with Crippen molar-refractivity contribution in [1.82, 2.24) is 0 Å². The van der Waals surface area contributed by atoms with E-state index in [-0.39, 0.29) is 30.3 Å². The van der Waals surface area contributed by atoms with Crippen molar-refractivity contribution < 1.29 is 14.3 Å². The molecule has 0 N–H and O–H groups in total. The van der Waals surface area contributed by atoms with Gasteiger partial charge in [-0.15, -0.1) is 0 Å². The predicted molar refractivity (Wildman–Crippen MR) is 138 cm³/mol. The van der Waals surface area contributed by atoms with E-state index in [1.54, 1.807) is 5.57 Å². The fourth-order valence-corrected chi connectivity index (χ4v) is 9.17. The number of carbonyl (C=O) groups excluding carboxylic acids is 2. The highest BCUT2D eigenvalue weighted by Gasteiger charge is 2.59. The second kappa shape index (κ2) is 10.5. The van der Waals surface area contributed by atoms with Crippen LogP contribution in [0.25, 0.3) is 0 Å². The van der Waals surface area contributed by atoms with Gasteiger partial charge in [-0.1, -0.05) is 65.5 Å². The molecule has 4 aliphatic carbocycles. The van der Waals surface area contributed by atoms with E-state index in [2.05, 4.69) is 40.7 Å². The first-order valence-corrected chi connectivity index (χ1v) is 14.5. The molecule has 0 spiro atoms. The maximum Gasteiger partial charge on any atom is 0.306 e. The van der Waals surface area contributed by atoms with Crippen molar-refractivity contribution in [1.29, 1.82) is 0 Å². The normalized spacial score (nSPS) is 40.1. The maximum atomic E-state index is 12.1. The Bertz CT molecular complexity index is 769. The summed E-state index contributed by atoms with van der Waals surface area (Å²) in [4.78, 5) is 22.7. The first-order chi connectivity index (χ1) is 16.2. The molecule has 34 heavy (non-hydrogen) atoms. The molecule has 7 unspecified atom stereocenters. The number of aldehydes is 1. The number of hydrogen-bond acceptors (Lipinski definition) is 3. The second-order valence-corrected chi connectivity index (χ2v) is 13.3. The fourth-order valence-electron chi connectivity index (χ4n) is 9.17. The standard InChI is InChI=1S/C31H50O3/c1-21(2)8-6-9-22(3)26-13-14-27-25-12-11-23-20-24(34-29(33)10-7-19-32)15-17-30(23,4)28(25)16-18-31(26,27)5/h11,19,21-22,24-28H,6-10,12-18,20H2,1-5H3/t22-,24?,25?,26?,27?,28?,30?,31?/m1/s1. The molecule has 0 heterocycles. The summed E-state index contributed by atoms with van der Waals surface area (Å²) in [5.41, 5.74) is 2.39. The van der Waals surface area contributed by atoms with Crippen LogP contribution in [0.5, 0.6) is 0 Å². The number of rotatable bonds is 9. The quantitative estimate of drug-likeness (QED) is 0.195. The number of esters is 1. The Morgan fingerprint density at radius 3 is 2.62 bits per heavy atom. The maximum absolute atomic E-state index is 12.1. The SMILES string of the molecule is CC(C)CCC[C@@H](C)C1CCC2C3CC=C4CC(OC(=O)CCC=O)CCC4(C)C3CCC21C. The summed E-state index contributed by atoms with van der Waals surface area (Å²) >= 11 is 0. The van der Waals surface area contributed by atoms with Gasteiger partial charge >= 0.3 is 5.97 Å². The highest BCUT2D eigenvalue weighted by Crippen LogP contribution is 2.67. The molecule has 3 nitrogen and oxygen atoms in total. The lowest BCUT2D eigenvalue weighted by molar-refractivity contribution is -0.152. The summed E-state index contributed by atoms with van der Waals surface area (Å²) < 4.78 is 5.76. The first kappa shape index (κ1) is 26.0. The van der Waals surface area contributed by atoms with E-state index in [0.29, 0.717) is 5.41 Å². The van der Waals surface area contributed by atoms with Gasteiger partial charge in [-0.25, -0.2) is 0 Å². The number of fused-ring (bicyclic) bond motifs is 5. The molecule has 192 valence electrons. The number of allylic oxidation sites excluding steroid dienone is 1. The molecule has 0 aliphatic heterocycles. The minimum atomic E-state index is -0.206. The Morgan fingerprint density at radius 1 is 1.09 bits per heavy atom. The third-order valence-electron chi connectivity index (χ3n) is 11.0. The molecule has 0 amide bonds. The molecular formula is C31H50O3. The van der Waals surface area contributed by atoms with Crippen molar-refractivity contribution >= 4 is 12.3 Å². The van der Waals surface area contributed by atoms with E-state index in [1.807, 2.05) is 0 Å². The van der Waals surface area contributed by atoms with Crippen LogP contribution in [-0.4, -0.2) is 18.4 Å². The minimum Gasteiger partial charge on any atom is -0.462 e. The zero-order valence-electron chi connectivity index (χ0n) is 22.6. The Balaban J connectivity index is 1.42.